The molecule has 0 spiro atoms. The zero-order chi connectivity index (χ0) is 11.4. The van der Waals surface area contributed by atoms with Gasteiger partial charge in [0.25, 0.3) is 0 Å². The minimum Gasteiger partial charge on any atom is -0.588 e. The van der Waals surface area contributed by atoms with Gasteiger partial charge in [-0.3, -0.25) is 4.58 Å². The summed E-state index contributed by atoms with van der Waals surface area (Å²) in [6, 6.07) is 0. The lowest BCUT2D eigenvalue weighted by molar-refractivity contribution is -1.05. The summed E-state index contributed by atoms with van der Waals surface area (Å²) in [5.74, 6) is 0.187. The highest BCUT2D eigenvalue weighted by atomic mass is 17.1. The minimum absolute atomic E-state index is 0.186. The molecule has 0 fully saturated rings. The van der Waals surface area contributed by atoms with Gasteiger partial charge in [-0.05, 0) is 11.8 Å². The Kier molecular flexibility index (Phi) is 4.43. The summed E-state index contributed by atoms with van der Waals surface area (Å²) < 4.78 is 9.33. The summed E-state index contributed by atoms with van der Waals surface area (Å²) in [5, 5.41) is 10.4. The van der Waals surface area contributed by atoms with E-state index in [-0.39, 0.29) is 17.0 Å². The predicted molar refractivity (Wildman–Crippen MR) is 54.5 cm³/mol. The van der Waals surface area contributed by atoms with Crippen LogP contribution in [0, 0.1) is 5.41 Å². The quantitative estimate of drug-likeness (QED) is 0.297. The fraction of sp³-hybridized carbons (Fsp3) is 0.909. The molecule has 0 aromatic rings. The van der Waals surface area contributed by atoms with Crippen molar-refractivity contribution in [3.8, 4) is 0 Å². The molecule has 0 unspecified atom stereocenters. The maximum atomic E-state index is 10.4. The van der Waals surface area contributed by atoms with Crippen LogP contribution in [0.1, 0.15) is 54.4 Å². The number of ether oxygens (including phenoxy) is 1. The Morgan fingerprint density at radius 1 is 1.14 bits per heavy atom. The number of hydrogen-bond donors (Lipinski definition) is 0. The molecule has 84 valence electrons. The third-order valence-corrected chi connectivity index (χ3v) is 1.59. The zero-order valence-electron chi connectivity index (χ0n) is 10.1. The molecule has 0 aromatic carbocycles. The summed E-state index contributed by atoms with van der Waals surface area (Å²) in [6.07, 6.45) is 1.44. The van der Waals surface area contributed by atoms with Crippen LogP contribution in [0.25, 0.3) is 0 Å². The molecular formula is C11H22O3. The standard InChI is InChI=1S/C11H22O3/c1-10(2,3)8-7-9(14-12)13-11(4,5)6/h7-8H2,1-6H3. The van der Waals surface area contributed by atoms with Crippen LogP contribution in [0.15, 0.2) is 0 Å². The number of rotatable bonds is 2. The van der Waals surface area contributed by atoms with Gasteiger partial charge >= 0.3 is 5.97 Å². The normalized spacial score (nSPS) is 14.3. The third-order valence-electron chi connectivity index (χ3n) is 1.59. The summed E-state index contributed by atoms with van der Waals surface area (Å²) in [6.45, 7) is 12.0. The van der Waals surface area contributed by atoms with Crippen LogP contribution in [-0.4, -0.2) is 11.6 Å². The topological polar surface area (TPSA) is 43.6 Å². The van der Waals surface area contributed by atoms with Gasteiger partial charge in [0.1, 0.15) is 6.42 Å². The van der Waals surface area contributed by atoms with Gasteiger partial charge in [-0.1, -0.05) is 20.8 Å². The molecule has 0 N–H and O–H groups in total. The highest BCUT2D eigenvalue weighted by molar-refractivity contribution is 5.70. The van der Waals surface area contributed by atoms with Gasteiger partial charge in [0.05, 0.1) is 0 Å². The van der Waals surface area contributed by atoms with E-state index >= 15 is 0 Å². The SMILES string of the molecule is CC(C)(C)CCC(OC(C)(C)C)=[O+][O-]. The molecule has 0 heterocycles. The van der Waals surface area contributed by atoms with Gasteiger partial charge in [-0.25, -0.2) is 0 Å². The van der Waals surface area contributed by atoms with Gasteiger partial charge < -0.3 is 9.99 Å². The van der Waals surface area contributed by atoms with E-state index in [9.17, 15) is 5.26 Å². The highest BCUT2D eigenvalue weighted by Gasteiger charge is 2.27. The average molecular weight is 202 g/mol. The summed E-state index contributed by atoms with van der Waals surface area (Å²) in [5.41, 5.74) is -0.178. The van der Waals surface area contributed by atoms with E-state index < -0.39 is 0 Å². The van der Waals surface area contributed by atoms with Crippen molar-refractivity contribution >= 4 is 5.97 Å². The van der Waals surface area contributed by atoms with Crippen molar-refractivity contribution in [2.75, 3.05) is 0 Å². The molecule has 0 radical (unpaired) electrons. The van der Waals surface area contributed by atoms with Gasteiger partial charge in [0.2, 0.25) is 0 Å². The number of hydrogen-bond acceptors (Lipinski definition) is 2. The molecule has 0 saturated carbocycles. The lowest BCUT2D eigenvalue weighted by Gasteiger charge is -2.17. The van der Waals surface area contributed by atoms with Crippen molar-refractivity contribution in [2.24, 2.45) is 5.41 Å². The fourth-order valence-electron chi connectivity index (χ4n) is 0.928. The molecule has 0 rings (SSSR count). The molecule has 0 amide bonds. The van der Waals surface area contributed by atoms with Crippen molar-refractivity contribution in [1.29, 1.82) is 0 Å². The maximum absolute atomic E-state index is 10.4. The second-order valence-corrected chi connectivity index (χ2v) is 5.73. The van der Waals surface area contributed by atoms with E-state index in [0.29, 0.717) is 6.42 Å². The molecule has 0 aliphatic carbocycles. The van der Waals surface area contributed by atoms with Crippen LogP contribution in [0.3, 0.4) is 0 Å². The molecule has 0 aromatic heterocycles. The number of esters is 1. The maximum Gasteiger partial charge on any atom is 0.497 e. The van der Waals surface area contributed by atoms with E-state index in [0.717, 1.165) is 6.42 Å². The van der Waals surface area contributed by atoms with Crippen LogP contribution in [0.2, 0.25) is 0 Å². The molecule has 3 nitrogen and oxygen atoms in total. The van der Waals surface area contributed by atoms with E-state index in [2.05, 4.69) is 25.3 Å². The Hall–Kier alpha value is -0.730. The van der Waals surface area contributed by atoms with Gasteiger partial charge in [-0.2, -0.15) is 0 Å². The summed E-state index contributed by atoms with van der Waals surface area (Å²) in [7, 11) is 0. The van der Waals surface area contributed by atoms with Gasteiger partial charge in [-0.15, -0.1) is 0 Å². The second kappa shape index (κ2) is 4.67. The average Bonchev–Trinajstić information content (AvgIpc) is 1.94. The number of carbonyl (C=O) groups excluding carboxylic acids is 1. The van der Waals surface area contributed by atoms with Crippen LogP contribution < -0.4 is 5.26 Å². The van der Waals surface area contributed by atoms with Crippen molar-refractivity contribution in [1.82, 2.24) is 0 Å². The first-order chi connectivity index (χ1) is 6.14. The molecule has 0 aliphatic heterocycles. The van der Waals surface area contributed by atoms with Gasteiger partial charge in [0, 0.05) is 20.8 Å². The first kappa shape index (κ1) is 13.3. The molecule has 0 bridgehead atoms. The Morgan fingerprint density at radius 3 is 1.93 bits per heavy atom. The van der Waals surface area contributed by atoms with Crippen LogP contribution in [0.5, 0.6) is 0 Å². The summed E-state index contributed by atoms with van der Waals surface area (Å²) in [4.78, 5) is 0. The smallest absolute Gasteiger partial charge is 0.497 e. The van der Waals surface area contributed by atoms with Crippen LogP contribution >= 0.6 is 0 Å². The third kappa shape index (κ3) is 7.90. The Labute approximate surface area is 86.7 Å². The van der Waals surface area contributed by atoms with Crippen molar-refractivity contribution < 1.29 is 14.6 Å². The van der Waals surface area contributed by atoms with Crippen molar-refractivity contribution in [3.63, 3.8) is 0 Å². The molecule has 14 heavy (non-hydrogen) atoms. The Morgan fingerprint density at radius 2 is 1.64 bits per heavy atom. The molecule has 0 saturated heterocycles. The molecular weight excluding hydrogens is 180 g/mol. The molecule has 0 atom stereocenters. The second-order valence-electron chi connectivity index (χ2n) is 5.73. The lowest BCUT2D eigenvalue weighted by atomic mass is 9.91. The highest BCUT2D eigenvalue weighted by Crippen LogP contribution is 2.21. The molecule has 3 heteroatoms. The van der Waals surface area contributed by atoms with E-state index in [1.807, 2.05) is 20.8 Å². The van der Waals surface area contributed by atoms with E-state index in [1.54, 1.807) is 0 Å². The largest absolute Gasteiger partial charge is 0.588 e. The Bertz CT molecular complexity index is 194. The van der Waals surface area contributed by atoms with Crippen molar-refractivity contribution in [3.05, 3.63) is 0 Å². The van der Waals surface area contributed by atoms with Crippen molar-refractivity contribution in [2.45, 2.75) is 60.0 Å². The van der Waals surface area contributed by atoms with Gasteiger partial charge in [0.15, 0.2) is 5.60 Å². The first-order valence-corrected chi connectivity index (χ1v) is 4.99. The summed E-state index contributed by atoms with van der Waals surface area (Å²) >= 11 is 0. The lowest BCUT2D eigenvalue weighted by Crippen LogP contribution is -2.27. The molecule has 0 aliphatic rings. The van der Waals surface area contributed by atoms with Crippen LogP contribution in [-0.2, 0) is 9.31 Å². The van der Waals surface area contributed by atoms with E-state index in [4.69, 9.17) is 4.74 Å². The predicted octanol–water partition coefficient (Wildman–Crippen LogP) is 1.97. The first-order valence-electron chi connectivity index (χ1n) is 4.99. The monoisotopic (exact) mass is 202 g/mol. The minimum atomic E-state index is -0.363. The van der Waals surface area contributed by atoms with Crippen LogP contribution in [0.4, 0.5) is 0 Å². The zero-order valence-corrected chi connectivity index (χ0v) is 10.1. The fourth-order valence-corrected chi connectivity index (χ4v) is 0.928. The Balaban J connectivity index is 4.08. The van der Waals surface area contributed by atoms with E-state index in [1.165, 1.54) is 0 Å².